The van der Waals surface area contributed by atoms with E-state index in [1.54, 1.807) is 26.7 Å². The first-order valence-electron chi connectivity index (χ1n) is 12.2. The number of quaternary nitrogens is 1. The topological polar surface area (TPSA) is 105 Å². The van der Waals surface area contributed by atoms with Crippen LogP contribution in [-0.4, -0.2) is 58.8 Å². The lowest BCUT2D eigenvalue weighted by atomic mass is 10.0. The van der Waals surface area contributed by atoms with E-state index in [9.17, 15) is 4.79 Å². The normalized spacial score (nSPS) is 20.3. The molecule has 2 aromatic heterocycles. The Labute approximate surface area is 206 Å². The smallest absolute Gasteiger partial charge is 0.240 e. The first-order chi connectivity index (χ1) is 16.9. The summed E-state index contributed by atoms with van der Waals surface area (Å²) >= 11 is 0. The third-order valence-electron chi connectivity index (χ3n) is 7.00. The minimum atomic E-state index is -0.272. The first-order valence-corrected chi connectivity index (χ1v) is 12.2. The molecule has 0 bridgehead atoms. The highest BCUT2D eigenvalue weighted by Gasteiger charge is 2.42. The number of aromatic nitrogens is 4. The standard InChI is InChI=1S/C26H34N6O3/c1-19-15-25(30-26(29-19)31-12-11-28-18-31)32(13-6-4-5-7-21(32)17-24(27)33)14-10-20-8-9-22(34-2)23(16-20)35-3/h8-9,11-12,15-16,18,21H,4-7,10,13-14,17H2,1-3H3,(H-,27,33)/p+1. The lowest BCUT2D eigenvalue weighted by molar-refractivity contribution is -0.119. The van der Waals surface area contributed by atoms with Gasteiger partial charge < -0.3 is 15.2 Å². The molecule has 1 amide bonds. The quantitative estimate of drug-likeness (QED) is 0.472. The monoisotopic (exact) mass is 479 g/mol. The summed E-state index contributed by atoms with van der Waals surface area (Å²) < 4.78 is 13.4. The summed E-state index contributed by atoms with van der Waals surface area (Å²) in [6.07, 6.45) is 10.6. The summed E-state index contributed by atoms with van der Waals surface area (Å²) in [5.74, 6) is 2.66. The Kier molecular flexibility index (Phi) is 7.65. The van der Waals surface area contributed by atoms with Crippen LogP contribution < -0.4 is 19.7 Å². The fraction of sp³-hybridized carbons (Fsp3) is 0.462. The Bertz CT molecular complexity index is 1150. The lowest BCUT2D eigenvalue weighted by Crippen LogP contribution is -2.59. The number of likely N-dealkylation sites (tertiary alicyclic amines) is 1. The van der Waals surface area contributed by atoms with Crippen molar-refractivity contribution in [2.45, 2.75) is 51.5 Å². The molecule has 0 aliphatic carbocycles. The van der Waals surface area contributed by atoms with Crippen LogP contribution in [0.3, 0.4) is 0 Å². The highest BCUT2D eigenvalue weighted by atomic mass is 16.5. The van der Waals surface area contributed by atoms with Gasteiger partial charge >= 0.3 is 0 Å². The van der Waals surface area contributed by atoms with Crippen molar-refractivity contribution in [3.8, 4) is 17.4 Å². The molecule has 9 heteroatoms. The summed E-state index contributed by atoms with van der Waals surface area (Å²) in [5.41, 5.74) is 7.78. The Morgan fingerprint density at radius 1 is 1.14 bits per heavy atom. The molecule has 0 spiro atoms. The predicted molar refractivity (Wildman–Crippen MR) is 135 cm³/mol. The summed E-state index contributed by atoms with van der Waals surface area (Å²) in [5, 5.41) is 0. The van der Waals surface area contributed by atoms with Gasteiger partial charge in [-0.2, -0.15) is 4.98 Å². The van der Waals surface area contributed by atoms with Crippen LogP contribution in [0, 0.1) is 6.92 Å². The van der Waals surface area contributed by atoms with Gasteiger partial charge in [-0.1, -0.05) is 6.07 Å². The van der Waals surface area contributed by atoms with Crippen LogP contribution >= 0.6 is 0 Å². The molecule has 3 heterocycles. The van der Waals surface area contributed by atoms with Gasteiger partial charge in [-0.15, -0.1) is 0 Å². The average molecular weight is 480 g/mol. The molecule has 1 saturated heterocycles. The zero-order valence-electron chi connectivity index (χ0n) is 20.8. The maximum atomic E-state index is 12.2. The second kappa shape index (κ2) is 10.9. The molecular weight excluding hydrogens is 444 g/mol. The van der Waals surface area contributed by atoms with Crippen LogP contribution in [0.1, 0.15) is 43.4 Å². The molecule has 1 fully saturated rings. The van der Waals surface area contributed by atoms with E-state index in [1.807, 2.05) is 29.8 Å². The number of benzene rings is 1. The van der Waals surface area contributed by atoms with Gasteiger partial charge in [0.25, 0.3) is 0 Å². The summed E-state index contributed by atoms with van der Waals surface area (Å²) in [6, 6.07) is 8.15. The minimum Gasteiger partial charge on any atom is -0.493 e. The maximum absolute atomic E-state index is 12.2. The van der Waals surface area contributed by atoms with Gasteiger partial charge in [-0.3, -0.25) is 13.8 Å². The molecule has 0 radical (unpaired) electrons. The molecule has 0 saturated carbocycles. The Hall–Kier alpha value is -3.46. The number of ether oxygens (including phenoxy) is 2. The van der Waals surface area contributed by atoms with E-state index in [2.05, 4.69) is 22.1 Å². The average Bonchev–Trinajstić information content (AvgIpc) is 3.32. The van der Waals surface area contributed by atoms with Crippen molar-refractivity contribution in [3.05, 3.63) is 54.2 Å². The number of hydrogen-bond donors (Lipinski definition) is 1. The van der Waals surface area contributed by atoms with Crippen molar-refractivity contribution in [2.75, 3.05) is 27.3 Å². The molecule has 35 heavy (non-hydrogen) atoms. The first kappa shape index (κ1) is 24.7. The fourth-order valence-electron chi connectivity index (χ4n) is 5.22. The molecule has 2 atom stereocenters. The lowest BCUT2D eigenvalue weighted by Gasteiger charge is -2.42. The number of methoxy groups -OCH3 is 2. The largest absolute Gasteiger partial charge is 0.493 e. The van der Waals surface area contributed by atoms with E-state index < -0.39 is 0 Å². The second-order valence-electron chi connectivity index (χ2n) is 9.23. The van der Waals surface area contributed by atoms with E-state index in [0.717, 1.165) is 62.3 Å². The molecule has 1 aliphatic heterocycles. The van der Waals surface area contributed by atoms with Gasteiger partial charge in [-0.05, 0) is 43.9 Å². The van der Waals surface area contributed by atoms with Crippen molar-refractivity contribution in [1.29, 1.82) is 0 Å². The van der Waals surface area contributed by atoms with E-state index in [0.29, 0.717) is 28.4 Å². The molecule has 3 aromatic rings. The van der Waals surface area contributed by atoms with Crippen LogP contribution in [0.15, 0.2) is 43.0 Å². The number of aryl methyl sites for hydroxylation is 1. The number of hydrogen-bond acceptors (Lipinski definition) is 6. The molecular formula is C26H35N6O3+. The molecule has 1 aromatic carbocycles. The number of rotatable bonds is 9. The second-order valence-corrected chi connectivity index (χ2v) is 9.23. The zero-order valence-corrected chi connectivity index (χ0v) is 20.8. The van der Waals surface area contributed by atoms with Gasteiger partial charge in [0.05, 0.1) is 33.7 Å². The molecule has 2 N–H and O–H groups in total. The number of imidazole rings is 1. The number of nitrogens with zero attached hydrogens (tertiary/aromatic N) is 5. The number of primary amides is 1. The molecule has 186 valence electrons. The zero-order chi connectivity index (χ0) is 24.8. The van der Waals surface area contributed by atoms with E-state index in [-0.39, 0.29) is 11.9 Å². The van der Waals surface area contributed by atoms with E-state index in [1.165, 1.54) is 0 Å². The Morgan fingerprint density at radius 2 is 1.97 bits per heavy atom. The Morgan fingerprint density at radius 3 is 2.69 bits per heavy atom. The third kappa shape index (κ3) is 5.45. The van der Waals surface area contributed by atoms with Crippen LogP contribution in [0.5, 0.6) is 11.5 Å². The summed E-state index contributed by atoms with van der Waals surface area (Å²) in [4.78, 5) is 26.0. The molecule has 4 rings (SSSR count). The summed E-state index contributed by atoms with van der Waals surface area (Å²) in [7, 11) is 3.29. The van der Waals surface area contributed by atoms with Crippen molar-refractivity contribution in [1.82, 2.24) is 24.0 Å². The minimum absolute atomic E-state index is 0.0556. The number of carbonyl (C=O) groups is 1. The van der Waals surface area contributed by atoms with Crippen LogP contribution in [-0.2, 0) is 11.2 Å². The molecule has 2 unspecified atom stereocenters. The number of amides is 1. The van der Waals surface area contributed by atoms with Crippen LogP contribution in [0.4, 0.5) is 5.82 Å². The van der Waals surface area contributed by atoms with Gasteiger partial charge in [0.2, 0.25) is 17.7 Å². The van der Waals surface area contributed by atoms with Crippen molar-refractivity contribution in [2.24, 2.45) is 5.73 Å². The van der Waals surface area contributed by atoms with Crippen LogP contribution in [0.25, 0.3) is 5.95 Å². The summed E-state index contributed by atoms with van der Waals surface area (Å²) in [6.45, 7) is 3.66. The Balaban J connectivity index is 1.77. The fourth-order valence-corrected chi connectivity index (χ4v) is 5.22. The number of carbonyl (C=O) groups excluding carboxylic acids is 1. The van der Waals surface area contributed by atoms with Crippen molar-refractivity contribution >= 4 is 11.7 Å². The van der Waals surface area contributed by atoms with Crippen LogP contribution in [0.2, 0.25) is 0 Å². The molecule has 1 aliphatic rings. The van der Waals surface area contributed by atoms with Gasteiger partial charge in [-0.25, -0.2) is 9.97 Å². The SMILES string of the molecule is COc1ccc(CC[N+]2(c3cc(C)nc(-n4ccnc4)n3)CCCCCC2CC(N)=O)cc1OC. The van der Waals surface area contributed by atoms with Gasteiger partial charge in [0, 0.05) is 37.0 Å². The highest BCUT2D eigenvalue weighted by Crippen LogP contribution is 2.35. The van der Waals surface area contributed by atoms with Crippen molar-refractivity contribution < 1.29 is 14.3 Å². The highest BCUT2D eigenvalue weighted by molar-refractivity contribution is 5.74. The van der Waals surface area contributed by atoms with Gasteiger partial charge in [0.1, 0.15) is 12.4 Å². The third-order valence-corrected chi connectivity index (χ3v) is 7.00. The number of nitrogens with two attached hydrogens (primary N) is 1. The van der Waals surface area contributed by atoms with E-state index in [4.69, 9.17) is 20.2 Å². The van der Waals surface area contributed by atoms with E-state index >= 15 is 0 Å². The predicted octanol–water partition coefficient (Wildman–Crippen LogP) is 3.36. The van der Waals surface area contributed by atoms with Gasteiger partial charge in [0.15, 0.2) is 11.5 Å². The molecule has 9 nitrogen and oxygen atoms in total. The van der Waals surface area contributed by atoms with Crippen molar-refractivity contribution in [3.63, 3.8) is 0 Å². The maximum Gasteiger partial charge on any atom is 0.240 e.